The van der Waals surface area contributed by atoms with Crippen molar-refractivity contribution in [3.8, 4) is 11.5 Å². The van der Waals surface area contributed by atoms with E-state index in [1.165, 1.54) is 19.2 Å². The van der Waals surface area contributed by atoms with Gasteiger partial charge in [-0.3, -0.25) is 0 Å². The van der Waals surface area contributed by atoms with E-state index in [2.05, 4.69) is 0 Å². The second-order valence-electron chi connectivity index (χ2n) is 4.02. The quantitative estimate of drug-likeness (QED) is 0.866. The standard InChI is InChI=1S/C14H12F2O4S/c1-3-20-14(18)11-4-7-8(5-12(15)16)13(17)9(19-2)6-10(7)21-11/h4-6,17H,3H2,1-2H3. The third kappa shape index (κ3) is 2.97. The number of thiophene rings is 1. The van der Waals surface area contributed by atoms with E-state index in [0.29, 0.717) is 16.2 Å². The number of esters is 1. The maximum atomic E-state index is 12.6. The zero-order valence-corrected chi connectivity index (χ0v) is 12.1. The van der Waals surface area contributed by atoms with Crippen LogP contribution in [0.3, 0.4) is 0 Å². The second kappa shape index (κ2) is 6.09. The van der Waals surface area contributed by atoms with Crippen LogP contribution in [0.25, 0.3) is 16.2 Å². The summed E-state index contributed by atoms with van der Waals surface area (Å²) in [6.45, 7) is 1.89. The van der Waals surface area contributed by atoms with Crippen LogP contribution in [0.4, 0.5) is 8.78 Å². The first-order chi connectivity index (χ1) is 9.97. The van der Waals surface area contributed by atoms with Crippen LogP contribution in [0, 0.1) is 0 Å². The minimum absolute atomic E-state index is 0.0623. The Bertz CT molecular complexity index is 717. The minimum atomic E-state index is -1.95. The first kappa shape index (κ1) is 15.2. The van der Waals surface area contributed by atoms with Crippen LogP contribution in [0.2, 0.25) is 0 Å². The molecule has 0 radical (unpaired) electrons. The highest BCUT2D eigenvalue weighted by molar-refractivity contribution is 7.20. The van der Waals surface area contributed by atoms with E-state index in [1.54, 1.807) is 6.92 Å². The summed E-state index contributed by atoms with van der Waals surface area (Å²) < 4.78 is 35.5. The van der Waals surface area contributed by atoms with Gasteiger partial charge in [-0.15, -0.1) is 11.3 Å². The van der Waals surface area contributed by atoms with Crippen LogP contribution >= 0.6 is 11.3 Å². The predicted molar refractivity (Wildman–Crippen MR) is 76.2 cm³/mol. The van der Waals surface area contributed by atoms with E-state index in [0.717, 1.165) is 11.3 Å². The van der Waals surface area contributed by atoms with Crippen molar-refractivity contribution in [1.29, 1.82) is 0 Å². The Morgan fingerprint density at radius 2 is 2.14 bits per heavy atom. The van der Waals surface area contributed by atoms with Crippen LogP contribution in [0.15, 0.2) is 18.2 Å². The minimum Gasteiger partial charge on any atom is -0.504 e. The molecule has 2 rings (SSSR count). The average molecular weight is 314 g/mol. The Hall–Kier alpha value is -2.15. The Kier molecular flexibility index (Phi) is 4.42. The molecule has 112 valence electrons. The summed E-state index contributed by atoms with van der Waals surface area (Å²) in [7, 11) is 1.32. The molecule has 0 amide bonds. The van der Waals surface area contributed by atoms with Crippen molar-refractivity contribution >= 4 is 33.5 Å². The summed E-state index contributed by atoms with van der Waals surface area (Å²) in [5, 5.41) is 10.3. The number of rotatable bonds is 4. The molecule has 0 saturated carbocycles. The van der Waals surface area contributed by atoms with Crippen molar-refractivity contribution in [1.82, 2.24) is 0 Å². The number of carbonyl (C=O) groups is 1. The van der Waals surface area contributed by atoms with E-state index in [4.69, 9.17) is 9.47 Å². The zero-order chi connectivity index (χ0) is 15.6. The largest absolute Gasteiger partial charge is 0.504 e. The van der Waals surface area contributed by atoms with Crippen molar-refractivity contribution in [2.45, 2.75) is 6.92 Å². The molecule has 0 saturated heterocycles. The van der Waals surface area contributed by atoms with Crippen molar-refractivity contribution in [2.24, 2.45) is 0 Å². The van der Waals surface area contributed by atoms with Crippen molar-refractivity contribution in [3.63, 3.8) is 0 Å². The fourth-order valence-corrected chi connectivity index (χ4v) is 2.88. The molecule has 1 aromatic heterocycles. The van der Waals surface area contributed by atoms with Gasteiger partial charge in [-0.25, -0.2) is 4.79 Å². The zero-order valence-electron chi connectivity index (χ0n) is 11.3. The molecule has 7 heteroatoms. The molecular weight excluding hydrogens is 302 g/mol. The Balaban J connectivity index is 2.69. The molecule has 4 nitrogen and oxygen atoms in total. The molecule has 0 fully saturated rings. The summed E-state index contributed by atoms with van der Waals surface area (Å²) >= 11 is 1.09. The fourth-order valence-electron chi connectivity index (χ4n) is 1.88. The summed E-state index contributed by atoms with van der Waals surface area (Å²) in [4.78, 5) is 12.0. The van der Waals surface area contributed by atoms with Crippen molar-refractivity contribution < 1.29 is 28.2 Å². The van der Waals surface area contributed by atoms with Crippen LogP contribution in [0.5, 0.6) is 11.5 Å². The van der Waals surface area contributed by atoms with E-state index in [1.807, 2.05) is 0 Å². The SMILES string of the molecule is CCOC(=O)c1cc2c(C=C(F)F)c(O)c(OC)cc2s1. The summed E-state index contributed by atoms with van der Waals surface area (Å²) in [5.41, 5.74) is -0.0869. The number of benzene rings is 1. The fraction of sp³-hybridized carbons (Fsp3) is 0.214. The summed E-state index contributed by atoms with van der Waals surface area (Å²) in [6, 6.07) is 2.91. The van der Waals surface area contributed by atoms with Gasteiger partial charge < -0.3 is 14.6 Å². The Labute approximate surface area is 123 Å². The first-order valence-corrected chi connectivity index (χ1v) is 6.82. The maximum Gasteiger partial charge on any atom is 0.348 e. The lowest BCUT2D eigenvalue weighted by Gasteiger charge is -2.07. The number of ether oxygens (including phenoxy) is 2. The first-order valence-electron chi connectivity index (χ1n) is 6.01. The normalized spacial score (nSPS) is 10.5. The van der Waals surface area contributed by atoms with Gasteiger partial charge in [0.25, 0.3) is 6.08 Å². The van der Waals surface area contributed by atoms with Crippen molar-refractivity contribution in [3.05, 3.63) is 28.7 Å². The highest BCUT2D eigenvalue weighted by atomic mass is 32.1. The molecule has 0 atom stereocenters. The van der Waals surface area contributed by atoms with Gasteiger partial charge in [0.1, 0.15) is 4.88 Å². The van der Waals surface area contributed by atoms with E-state index >= 15 is 0 Å². The topological polar surface area (TPSA) is 55.8 Å². The molecule has 0 spiro atoms. The molecule has 1 N–H and O–H groups in total. The number of phenolic OH excluding ortho intramolecular Hbond substituents is 1. The monoisotopic (exact) mass is 314 g/mol. The van der Waals surface area contributed by atoms with Gasteiger partial charge >= 0.3 is 5.97 Å². The third-order valence-corrected chi connectivity index (χ3v) is 3.81. The highest BCUT2D eigenvalue weighted by Gasteiger charge is 2.18. The van der Waals surface area contributed by atoms with E-state index < -0.39 is 17.8 Å². The molecule has 1 aromatic carbocycles. The number of aromatic hydroxyl groups is 1. The molecular formula is C14H12F2O4S. The van der Waals surface area contributed by atoms with Crippen molar-refractivity contribution in [2.75, 3.05) is 13.7 Å². The van der Waals surface area contributed by atoms with Crippen LogP contribution in [0.1, 0.15) is 22.2 Å². The second-order valence-corrected chi connectivity index (χ2v) is 5.10. The summed E-state index contributed by atoms with van der Waals surface area (Å²) in [5.74, 6) is -0.869. The Morgan fingerprint density at radius 1 is 1.43 bits per heavy atom. The summed E-state index contributed by atoms with van der Waals surface area (Å²) in [6.07, 6.45) is -1.41. The number of halogens is 2. The molecule has 2 aromatic rings. The van der Waals surface area contributed by atoms with Gasteiger partial charge in [0.05, 0.1) is 13.7 Å². The van der Waals surface area contributed by atoms with Gasteiger partial charge in [-0.1, -0.05) is 0 Å². The number of phenols is 1. The van der Waals surface area contributed by atoms with Crippen LogP contribution in [-0.2, 0) is 4.74 Å². The van der Waals surface area contributed by atoms with Gasteiger partial charge in [0.15, 0.2) is 11.5 Å². The van der Waals surface area contributed by atoms with E-state index in [-0.39, 0.29) is 22.8 Å². The lowest BCUT2D eigenvalue weighted by molar-refractivity contribution is 0.0532. The third-order valence-electron chi connectivity index (χ3n) is 2.75. The molecule has 0 aliphatic rings. The predicted octanol–water partition coefficient (Wildman–Crippen LogP) is 4.03. The number of hydrogen-bond acceptors (Lipinski definition) is 5. The van der Waals surface area contributed by atoms with Crippen LogP contribution in [-0.4, -0.2) is 24.8 Å². The molecule has 0 aliphatic heterocycles. The smallest absolute Gasteiger partial charge is 0.348 e. The number of carbonyl (C=O) groups excluding carboxylic acids is 1. The molecule has 0 unspecified atom stereocenters. The Morgan fingerprint density at radius 3 is 2.71 bits per heavy atom. The van der Waals surface area contributed by atoms with E-state index in [9.17, 15) is 18.7 Å². The van der Waals surface area contributed by atoms with Gasteiger partial charge in [-0.2, -0.15) is 8.78 Å². The maximum absolute atomic E-state index is 12.6. The van der Waals surface area contributed by atoms with Gasteiger partial charge in [0.2, 0.25) is 0 Å². The van der Waals surface area contributed by atoms with Gasteiger partial charge in [-0.05, 0) is 13.0 Å². The highest BCUT2D eigenvalue weighted by Crippen LogP contribution is 2.41. The van der Waals surface area contributed by atoms with Gasteiger partial charge in [0, 0.05) is 27.8 Å². The lowest BCUT2D eigenvalue weighted by Crippen LogP contribution is -2.01. The molecule has 21 heavy (non-hydrogen) atoms. The number of methoxy groups -OCH3 is 1. The average Bonchev–Trinajstić information content (AvgIpc) is 2.85. The molecule has 0 aliphatic carbocycles. The number of hydrogen-bond donors (Lipinski definition) is 1. The lowest BCUT2D eigenvalue weighted by atomic mass is 10.1. The molecule has 0 bridgehead atoms. The number of fused-ring (bicyclic) bond motifs is 1. The molecule has 1 heterocycles. The van der Waals surface area contributed by atoms with Crippen LogP contribution < -0.4 is 4.74 Å².